The van der Waals surface area contributed by atoms with E-state index in [1.54, 1.807) is 32.2 Å². The molecule has 18 heavy (non-hydrogen) atoms. The molecule has 0 saturated carbocycles. The average Bonchev–Trinajstić information content (AvgIpc) is 2.37. The van der Waals surface area contributed by atoms with Crippen LogP contribution in [0, 0.1) is 0 Å². The SMILES string of the molecule is CCN(C=O)C(C(=O)O)c1ccccc1COC. The van der Waals surface area contributed by atoms with Gasteiger partial charge in [0, 0.05) is 13.7 Å². The van der Waals surface area contributed by atoms with Crippen molar-refractivity contribution in [1.82, 2.24) is 4.90 Å². The fourth-order valence-corrected chi connectivity index (χ4v) is 1.86. The maximum absolute atomic E-state index is 11.4. The van der Waals surface area contributed by atoms with Gasteiger partial charge in [-0.25, -0.2) is 4.79 Å². The van der Waals surface area contributed by atoms with Crippen molar-refractivity contribution in [3.05, 3.63) is 35.4 Å². The van der Waals surface area contributed by atoms with Crippen molar-refractivity contribution in [3.8, 4) is 0 Å². The van der Waals surface area contributed by atoms with Crippen molar-refractivity contribution < 1.29 is 19.4 Å². The third kappa shape index (κ3) is 3.07. The summed E-state index contributed by atoms with van der Waals surface area (Å²) in [7, 11) is 1.55. The minimum absolute atomic E-state index is 0.316. The topological polar surface area (TPSA) is 66.8 Å². The molecule has 0 fully saturated rings. The second-order valence-electron chi connectivity index (χ2n) is 3.81. The number of nitrogens with zero attached hydrogens (tertiary/aromatic N) is 1. The van der Waals surface area contributed by atoms with E-state index in [-0.39, 0.29) is 0 Å². The summed E-state index contributed by atoms with van der Waals surface area (Å²) in [6.07, 6.45) is 0.558. The number of carbonyl (C=O) groups is 2. The average molecular weight is 251 g/mol. The van der Waals surface area contributed by atoms with Gasteiger partial charge >= 0.3 is 5.97 Å². The van der Waals surface area contributed by atoms with Crippen LogP contribution in [0.1, 0.15) is 24.1 Å². The maximum Gasteiger partial charge on any atom is 0.331 e. The van der Waals surface area contributed by atoms with E-state index in [1.165, 1.54) is 4.90 Å². The molecule has 5 nitrogen and oxygen atoms in total. The number of aliphatic carboxylic acids is 1. The van der Waals surface area contributed by atoms with Crippen molar-refractivity contribution >= 4 is 12.4 Å². The van der Waals surface area contributed by atoms with Crippen LogP contribution in [0.5, 0.6) is 0 Å². The first-order valence-electron chi connectivity index (χ1n) is 5.66. The van der Waals surface area contributed by atoms with Gasteiger partial charge < -0.3 is 14.7 Å². The molecule has 0 aromatic heterocycles. The molecule has 0 spiro atoms. The number of amides is 1. The van der Waals surface area contributed by atoms with Gasteiger partial charge in [0.1, 0.15) is 0 Å². The zero-order valence-electron chi connectivity index (χ0n) is 10.5. The highest BCUT2D eigenvalue weighted by molar-refractivity contribution is 5.78. The van der Waals surface area contributed by atoms with Crippen LogP contribution in [0.15, 0.2) is 24.3 Å². The highest BCUT2D eigenvalue weighted by Gasteiger charge is 2.27. The normalized spacial score (nSPS) is 11.9. The fraction of sp³-hybridized carbons (Fsp3) is 0.385. The molecule has 0 radical (unpaired) electrons. The Hall–Kier alpha value is -1.88. The summed E-state index contributed by atoms with van der Waals surface area (Å²) in [6.45, 7) is 2.39. The van der Waals surface area contributed by atoms with Gasteiger partial charge in [-0.3, -0.25) is 4.79 Å². The molecule has 0 aliphatic rings. The van der Waals surface area contributed by atoms with E-state index in [1.807, 2.05) is 6.07 Å². The second-order valence-corrected chi connectivity index (χ2v) is 3.81. The molecule has 1 unspecified atom stereocenters. The standard InChI is InChI=1S/C13H17NO4/c1-3-14(9-15)12(13(16)17)11-7-5-4-6-10(11)8-18-2/h4-7,9,12H,3,8H2,1-2H3,(H,16,17). The molecule has 1 aromatic carbocycles. The molecule has 1 amide bonds. The maximum atomic E-state index is 11.4. The molecule has 5 heteroatoms. The molecule has 1 aromatic rings. The van der Waals surface area contributed by atoms with Gasteiger partial charge in [0.25, 0.3) is 0 Å². The molecular weight excluding hydrogens is 234 g/mol. The van der Waals surface area contributed by atoms with E-state index in [4.69, 9.17) is 4.74 Å². The Kier molecular flexibility index (Phi) is 5.32. The zero-order chi connectivity index (χ0) is 13.5. The van der Waals surface area contributed by atoms with Crippen LogP contribution in [0.2, 0.25) is 0 Å². The van der Waals surface area contributed by atoms with E-state index in [0.717, 1.165) is 5.56 Å². The van der Waals surface area contributed by atoms with Crippen LogP contribution in [0.25, 0.3) is 0 Å². The van der Waals surface area contributed by atoms with E-state index in [2.05, 4.69) is 0 Å². The number of ether oxygens (including phenoxy) is 1. The van der Waals surface area contributed by atoms with Gasteiger partial charge in [-0.1, -0.05) is 24.3 Å². The Morgan fingerprint density at radius 3 is 2.67 bits per heavy atom. The highest BCUT2D eigenvalue weighted by Crippen LogP contribution is 2.24. The van der Waals surface area contributed by atoms with Gasteiger partial charge in [0.15, 0.2) is 6.04 Å². The zero-order valence-corrected chi connectivity index (χ0v) is 10.5. The lowest BCUT2D eigenvalue weighted by molar-refractivity contribution is -0.146. The summed E-state index contributed by atoms with van der Waals surface area (Å²) in [5.41, 5.74) is 1.36. The quantitative estimate of drug-likeness (QED) is 0.744. The number of carbonyl (C=O) groups excluding carboxylic acids is 1. The number of rotatable bonds is 7. The molecule has 0 heterocycles. The first kappa shape index (κ1) is 14.2. The number of likely N-dealkylation sites (N-methyl/N-ethyl adjacent to an activating group) is 1. The minimum Gasteiger partial charge on any atom is -0.479 e. The molecule has 1 atom stereocenters. The Bertz CT molecular complexity index is 419. The van der Waals surface area contributed by atoms with Crippen LogP contribution < -0.4 is 0 Å². The Morgan fingerprint density at radius 2 is 2.17 bits per heavy atom. The van der Waals surface area contributed by atoms with Crippen molar-refractivity contribution in [1.29, 1.82) is 0 Å². The van der Waals surface area contributed by atoms with Crippen LogP contribution in [-0.2, 0) is 20.9 Å². The van der Waals surface area contributed by atoms with Gasteiger partial charge in [0.2, 0.25) is 6.41 Å². The molecule has 0 bridgehead atoms. The first-order chi connectivity index (χ1) is 8.65. The van der Waals surface area contributed by atoms with E-state index >= 15 is 0 Å². The van der Waals surface area contributed by atoms with Gasteiger partial charge in [-0.05, 0) is 18.1 Å². The van der Waals surface area contributed by atoms with Crippen LogP contribution in [0.4, 0.5) is 0 Å². The van der Waals surface area contributed by atoms with Crippen molar-refractivity contribution in [2.24, 2.45) is 0 Å². The predicted octanol–water partition coefficient (Wildman–Crippen LogP) is 1.44. The van der Waals surface area contributed by atoms with Crippen molar-refractivity contribution in [2.75, 3.05) is 13.7 Å². The Morgan fingerprint density at radius 1 is 1.50 bits per heavy atom. The summed E-state index contributed by atoms with van der Waals surface area (Å²) in [6, 6.07) is 6.10. The predicted molar refractivity (Wildman–Crippen MR) is 66.0 cm³/mol. The lowest BCUT2D eigenvalue weighted by Gasteiger charge is -2.25. The minimum atomic E-state index is -1.05. The van der Waals surface area contributed by atoms with E-state index in [0.29, 0.717) is 25.1 Å². The third-order valence-corrected chi connectivity index (χ3v) is 2.72. The molecule has 0 aliphatic heterocycles. The lowest BCUT2D eigenvalue weighted by atomic mass is 9.99. The summed E-state index contributed by atoms with van der Waals surface area (Å²) in [5.74, 6) is -1.05. The molecule has 1 N–H and O–H groups in total. The van der Waals surface area contributed by atoms with Crippen LogP contribution >= 0.6 is 0 Å². The highest BCUT2D eigenvalue weighted by atomic mass is 16.5. The monoisotopic (exact) mass is 251 g/mol. The number of methoxy groups -OCH3 is 1. The largest absolute Gasteiger partial charge is 0.479 e. The van der Waals surface area contributed by atoms with Crippen LogP contribution in [0.3, 0.4) is 0 Å². The molecule has 98 valence electrons. The summed E-state index contributed by atoms with van der Waals surface area (Å²) >= 11 is 0. The van der Waals surface area contributed by atoms with Crippen molar-refractivity contribution in [2.45, 2.75) is 19.6 Å². The van der Waals surface area contributed by atoms with Gasteiger partial charge in [0.05, 0.1) is 6.61 Å². The summed E-state index contributed by atoms with van der Waals surface area (Å²) < 4.78 is 5.05. The molecule has 0 aliphatic carbocycles. The smallest absolute Gasteiger partial charge is 0.331 e. The number of hydrogen-bond donors (Lipinski definition) is 1. The van der Waals surface area contributed by atoms with Crippen LogP contribution in [-0.4, -0.2) is 36.0 Å². The van der Waals surface area contributed by atoms with E-state index < -0.39 is 12.0 Å². The number of carboxylic acids is 1. The molecular formula is C13H17NO4. The Labute approximate surface area is 106 Å². The van der Waals surface area contributed by atoms with Gasteiger partial charge in [-0.15, -0.1) is 0 Å². The second kappa shape index (κ2) is 6.76. The first-order valence-corrected chi connectivity index (χ1v) is 5.66. The summed E-state index contributed by atoms with van der Waals surface area (Å²) in [5, 5.41) is 9.31. The molecule has 1 rings (SSSR count). The summed E-state index contributed by atoms with van der Waals surface area (Å²) in [4.78, 5) is 23.6. The number of carboxylic acid groups (broad SMARTS) is 1. The fourth-order valence-electron chi connectivity index (χ4n) is 1.86. The number of hydrogen-bond acceptors (Lipinski definition) is 3. The van der Waals surface area contributed by atoms with E-state index in [9.17, 15) is 14.7 Å². The number of benzene rings is 1. The molecule has 0 saturated heterocycles. The Balaban J connectivity index is 3.20. The third-order valence-electron chi connectivity index (χ3n) is 2.72. The van der Waals surface area contributed by atoms with Crippen molar-refractivity contribution in [3.63, 3.8) is 0 Å². The van der Waals surface area contributed by atoms with Gasteiger partial charge in [-0.2, -0.15) is 0 Å². The lowest BCUT2D eigenvalue weighted by Crippen LogP contribution is -2.33.